The van der Waals surface area contributed by atoms with Crippen LogP contribution >= 0.6 is 8.25 Å². The predicted octanol–water partition coefficient (Wildman–Crippen LogP) is -1.25. The van der Waals surface area contributed by atoms with Crippen LogP contribution in [0.4, 0.5) is 5.82 Å². The second-order valence-electron chi connectivity index (χ2n) is 4.24. The number of hydrogen-bond acceptors (Lipinski definition) is 7. The van der Waals surface area contributed by atoms with Crippen molar-refractivity contribution in [2.75, 3.05) is 12.3 Å². The normalized spacial score (nSPS) is 27.1. The van der Waals surface area contributed by atoms with Crippen LogP contribution in [0, 0.1) is 0 Å². The van der Waals surface area contributed by atoms with Gasteiger partial charge < -0.3 is 20.6 Å². The molecule has 1 fully saturated rings. The van der Waals surface area contributed by atoms with Crippen LogP contribution in [0.1, 0.15) is 6.23 Å². The summed E-state index contributed by atoms with van der Waals surface area (Å²) in [6, 6.07) is 0. The molecule has 10 nitrogen and oxygen atoms in total. The lowest BCUT2D eigenvalue weighted by atomic mass is 10.2. The summed E-state index contributed by atoms with van der Waals surface area (Å²) in [5, 5.41) is 9.77. The lowest BCUT2D eigenvalue weighted by molar-refractivity contribution is -0.745. The van der Waals surface area contributed by atoms with Crippen molar-refractivity contribution in [3.63, 3.8) is 0 Å². The molecule has 2 aromatic heterocycles. The highest BCUT2D eigenvalue weighted by atomic mass is 31.1. The van der Waals surface area contributed by atoms with E-state index in [0.29, 0.717) is 11.2 Å². The average Bonchev–Trinajstić information content (AvgIpc) is 3.00. The fourth-order valence-corrected chi connectivity index (χ4v) is 2.60. The zero-order valence-electron chi connectivity index (χ0n) is 10.1. The molecule has 4 atom stereocenters. The van der Waals surface area contributed by atoms with Gasteiger partial charge in [0, 0.05) is 4.57 Å². The van der Waals surface area contributed by atoms with Crippen molar-refractivity contribution in [3.8, 4) is 0 Å². The Morgan fingerprint density at radius 2 is 2.40 bits per heavy atom. The van der Waals surface area contributed by atoms with Crippen LogP contribution in [-0.2, 0) is 13.8 Å². The minimum Gasteiger partial charge on any atom is -0.388 e. The van der Waals surface area contributed by atoms with E-state index in [1.54, 1.807) is 0 Å². The Bertz CT molecular complexity index is 663. The Labute approximate surface area is 113 Å². The zero-order valence-corrected chi connectivity index (χ0v) is 11.0. The second kappa shape index (κ2) is 5.00. The summed E-state index contributed by atoms with van der Waals surface area (Å²) in [7, 11) is -2.87. The SMILES string of the molecule is Nc1nc[n+]([C@@H]2OC[C@@H](O)C2O[P+](=O)O)c2nc[nH]c12. The van der Waals surface area contributed by atoms with Crippen molar-refractivity contribution in [1.82, 2.24) is 15.0 Å². The Morgan fingerprint density at radius 1 is 1.60 bits per heavy atom. The molecule has 11 heteroatoms. The third-order valence-corrected chi connectivity index (χ3v) is 3.45. The minimum absolute atomic E-state index is 0.0260. The molecule has 3 rings (SSSR count). The number of aliphatic hydroxyl groups is 1. The smallest absolute Gasteiger partial charge is 0.388 e. The summed E-state index contributed by atoms with van der Waals surface area (Å²) in [6.45, 7) is -0.0260. The van der Waals surface area contributed by atoms with E-state index >= 15 is 0 Å². The molecule has 0 spiro atoms. The first-order chi connectivity index (χ1) is 9.58. The maximum Gasteiger partial charge on any atom is 0.695 e. The molecule has 20 heavy (non-hydrogen) atoms. The summed E-state index contributed by atoms with van der Waals surface area (Å²) in [5.41, 5.74) is 6.65. The highest BCUT2D eigenvalue weighted by Crippen LogP contribution is 2.31. The van der Waals surface area contributed by atoms with Gasteiger partial charge in [0.1, 0.15) is 6.10 Å². The maximum absolute atomic E-state index is 10.8. The number of hydrogen-bond donors (Lipinski definition) is 4. The van der Waals surface area contributed by atoms with Crippen LogP contribution in [0.25, 0.3) is 11.2 Å². The quantitative estimate of drug-likeness (QED) is 0.406. The Morgan fingerprint density at radius 3 is 3.15 bits per heavy atom. The predicted molar refractivity (Wildman–Crippen MR) is 64.2 cm³/mol. The number of aliphatic hydroxyl groups excluding tert-OH is 1. The molecule has 1 saturated heterocycles. The Hall–Kier alpha value is -1.71. The van der Waals surface area contributed by atoms with E-state index in [9.17, 15) is 9.67 Å². The van der Waals surface area contributed by atoms with Gasteiger partial charge >= 0.3 is 8.25 Å². The van der Waals surface area contributed by atoms with Gasteiger partial charge in [-0.05, 0) is 0 Å². The molecule has 0 amide bonds. The monoisotopic (exact) mass is 301 g/mol. The van der Waals surface area contributed by atoms with E-state index in [1.165, 1.54) is 17.2 Å². The second-order valence-corrected chi connectivity index (χ2v) is 4.92. The van der Waals surface area contributed by atoms with Gasteiger partial charge in [-0.3, -0.25) is 0 Å². The molecule has 106 valence electrons. The summed E-state index contributed by atoms with van der Waals surface area (Å²) in [4.78, 5) is 19.8. The van der Waals surface area contributed by atoms with E-state index in [2.05, 4.69) is 15.0 Å². The maximum atomic E-state index is 10.8. The topological polar surface area (TPSA) is 147 Å². The van der Waals surface area contributed by atoms with Gasteiger partial charge in [-0.1, -0.05) is 9.97 Å². The van der Waals surface area contributed by atoms with Crippen LogP contribution in [-0.4, -0.2) is 43.8 Å². The number of nitrogen functional groups attached to an aromatic ring is 1. The van der Waals surface area contributed by atoms with E-state index in [-0.39, 0.29) is 12.4 Å². The number of rotatable bonds is 3. The number of nitrogens with one attached hydrogen (secondary N) is 1. The number of nitrogens with zero attached hydrogens (tertiary/aromatic N) is 3. The number of ether oxygens (including phenoxy) is 1. The van der Waals surface area contributed by atoms with E-state index in [1.807, 2.05) is 0 Å². The summed E-state index contributed by atoms with van der Waals surface area (Å²) in [6.07, 6.45) is -0.0336. The fraction of sp³-hybridized carbons (Fsp3) is 0.444. The number of fused-ring (bicyclic) bond motifs is 1. The van der Waals surface area contributed by atoms with E-state index in [0.717, 1.165) is 0 Å². The molecule has 0 aliphatic carbocycles. The Balaban J connectivity index is 2.03. The van der Waals surface area contributed by atoms with Gasteiger partial charge in [-0.2, -0.15) is 0 Å². The number of imidazole rings is 1. The molecular weight excluding hydrogens is 289 g/mol. The first kappa shape index (κ1) is 13.3. The lowest BCUT2D eigenvalue weighted by Gasteiger charge is -2.13. The van der Waals surface area contributed by atoms with Gasteiger partial charge in [-0.25, -0.2) is 4.57 Å². The number of aromatic nitrogens is 4. The number of H-pyrrole nitrogens is 1. The summed E-state index contributed by atoms with van der Waals surface area (Å²) < 4.78 is 22.5. The molecule has 1 aliphatic heterocycles. The van der Waals surface area contributed by atoms with Crippen molar-refractivity contribution in [2.45, 2.75) is 18.4 Å². The lowest BCUT2D eigenvalue weighted by Crippen LogP contribution is -2.47. The van der Waals surface area contributed by atoms with Crippen molar-refractivity contribution in [1.29, 1.82) is 0 Å². The molecule has 0 radical (unpaired) electrons. The highest BCUT2D eigenvalue weighted by molar-refractivity contribution is 7.32. The number of anilines is 1. The van der Waals surface area contributed by atoms with Crippen LogP contribution in [0.5, 0.6) is 0 Å². The van der Waals surface area contributed by atoms with Crippen molar-refractivity contribution in [2.24, 2.45) is 0 Å². The molecule has 2 unspecified atom stereocenters. The minimum atomic E-state index is -2.87. The number of nitrogens with two attached hydrogens (primary N) is 1. The molecule has 3 heterocycles. The van der Waals surface area contributed by atoms with Gasteiger partial charge in [-0.15, -0.1) is 9.42 Å². The standard InChI is InChI=1S/C9H10N5O5P/c10-7-5-8(12-2-11-5)14(3-13-7)9-6(19-20(16)17)4(15)1-18-9/h2-4,6,9,15H,1H2,(H2-,10,11,12,16,17)/p+2/t4-,6?,9-/m1/s1. The third kappa shape index (κ3) is 2.13. The van der Waals surface area contributed by atoms with Gasteiger partial charge in [0.15, 0.2) is 11.8 Å². The van der Waals surface area contributed by atoms with E-state index in [4.69, 9.17) is 19.9 Å². The van der Waals surface area contributed by atoms with Gasteiger partial charge in [0.2, 0.25) is 24.5 Å². The molecule has 1 aliphatic rings. The molecule has 0 bridgehead atoms. The number of aromatic amines is 1. The molecule has 0 saturated carbocycles. The van der Waals surface area contributed by atoms with Crippen molar-refractivity contribution < 1.29 is 28.4 Å². The third-order valence-electron chi connectivity index (χ3n) is 3.03. The first-order valence-electron chi connectivity index (χ1n) is 5.69. The summed E-state index contributed by atoms with van der Waals surface area (Å²) in [5.74, 6) is 0.262. The molecule has 0 aromatic carbocycles. The molecular formula is C9H12N5O5P+2. The first-order valence-corrected chi connectivity index (χ1v) is 6.82. The van der Waals surface area contributed by atoms with Crippen LogP contribution in [0.2, 0.25) is 0 Å². The molecule has 2 aromatic rings. The summed E-state index contributed by atoms with van der Waals surface area (Å²) >= 11 is 0. The van der Waals surface area contributed by atoms with Gasteiger partial charge in [0.05, 0.1) is 6.61 Å². The fourth-order valence-electron chi connectivity index (χ4n) is 2.14. The van der Waals surface area contributed by atoms with E-state index < -0.39 is 26.7 Å². The van der Waals surface area contributed by atoms with Gasteiger partial charge in [0.25, 0.3) is 5.65 Å². The van der Waals surface area contributed by atoms with Crippen molar-refractivity contribution >= 4 is 25.2 Å². The van der Waals surface area contributed by atoms with Crippen LogP contribution < -0.4 is 10.3 Å². The zero-order chi connectivity index (χ0) is 14.3. The van der Waals surface area contributed by atoms with Crippen LogP contribution in [0.15, 0.2) is 12.7 Å². The highest BCUT2D eigenvalue weighted by Gasteiger charge is 2.47. The molecule has 5 N–H and O–H groups in total. The Kier molecular flexibility index (Phi) is 3.32. The average molecular weight is 301 g/mol. The largest absolute Gasteiger partial charge is 0.695 e. The van der Waals surface area contributed by atoms with Crippen molar-refractivity contribution in [3.05, 3.63) is 12.7 Å². The van der Waals surface area contributed by atoms with Crippen LogP contribution in [0.3, 0.4) is 0 Å².